The van der Waals surface area contributed by atoms with Gasteiger partial charge in [0.25, 0.3) is 0 Å². The molecular formula is C13H18N2O4. The molecule has 1 aromatic rings. The molecule has 0 amide bonds. The average Bonchev–Trinajstić information content (AvgIpc) is 2.97. The molecule has 0 radical (unpaired) electrons. The van der Waals surface area contributed by atoms with Gasteiger partial charge >= 0.3 is 0 Å². The van der Waals surface area contributed by atoms with E-state index in [0.717, 1.165) is 19.6 Å². The lowest BCUT2D eigenvalue weighted by molar-refractivity contribution is 0.165. The molecule has 3 N–H and O–H groups in total. The predicted octanol–water partition coefficient (Wildman–Crippen LogP) is 1.20. The highest BCUT2D eigenvalue weighted by molar-refractivity contribution is 5.97. The van der Waals surface area contributed by atoms with E-state index >= 15 is 0 Å². The first kappa shape index (κ1) is 13.5. The van der Waals surface area contributed by atoms with Crippen LogP contribution in [0.25, 0.3) is 0 Å². The van der Waals surface area contributed by atoms with Gasteiger partial charge in [0.05, 0.1) is 20.3 Å². The summed E-state index contributed by atoms with van der Waals surface area (Å²) in [6, 6.07) is 5.15. The first-order valence-corrected chi connectivity index (χ1v) is 6.11. The Morgan fingerprint density at radius 2 is 2.37 bits per heavy atom. The van der Waals surface area contributed by atoms with Gasteiger partial charge in [-0.15, -0.1) is 0 Å². The van der Waals surface area contributed by atoms with Crippen LogP contribution < -0.4 is 15.2 Å². The second kappa shape index (κ2) is 6.29. The maximum absolute atomic E-state index is 8.65. The number of hydrogen-bond donors (Lipinski definition) is 2. The van der Waals surface area contributed by atoms with Crippen molar-refractivity contribution in [2.24, 2.45) is 16.8 Å². The maximum atomic E-state index is 8.65. The van der Waals surface area contributed by atoms with E-state index in [-0.39, 0.29) is 5.84 Å². The molecule has 6 nitrogen and oxygen atoms in total. The first-order valence-electron chi connectivity index (χ1n) is 6.11. The molecule has 19 heavy (non-hydrogen) atoms. The van der Waals surface area contributed by atoms with Crippen LogP contribution >= 0.6 is 0 Å². The highest BCUT2D eigenvalue weighted by Gasteiger charge is 2.17. The number of nitrogens with two attached hydrogens (primary N) is 1. The van der Waals surface area contributed by atoms with Crippen molar-refractivity contribution in [2.45, 2.75) is 6.42 Å². The molecule has 0 saturated carbocycles. The van der Waals surface area contributed by atoms with Crippen LogP contribution in [0.2, 0.25) is 0 Å². The molecule has 1 fully saturated rings. The van der Waals surface area contributed by atoms with Crippen molar-refractivity contribution in [1.82, 2.24) is 0 Å². The van der Waals surface area contributed by atoms with Gasteiger partial charge in [-0.25, -0.2) is 0 Å². The fourth-order valence-corrected chi connectivity index (χ4v) is 1.93. The Morgan fingerprint density at radius 1 is 1.53 bits per heavy atom. The Balaban J connectivity index is 2.07. The van der Waals surface area contributed by atoms with Gasteiger partial charge in [0.15, 0.2) is 17.3 Å². The summed E-state index contributed by atoms with van der Waals surface area (Å²) >= 11 is 0. The highest BCUT2D eigenvalue weighted by atomic mass is 16.5. The minimum absolute atomic E-state index is 0.0362. The summed E-state index contributed by atoms with van der Waals surface area (Å²) in [5.74, 6) is 1.66. The molecule has 1 unspecified atom stereocenters. The standard InChI is InChI=1S/C13H18N2O4/c1-17-12-6-10(13(14)15-16)2-3-11(12)19-8-9-4-5-18-7-9/h2-3,6,9,16H,4-5,7-8H2,1H3,(H2,14,15). The van der Waals surface area contributed by atoms with Gasteiger partial charge in [-0.1, -0.05) is 5.16 Å². The molecule has 0 aromatic heterocycles. The number of ether oxygens (including phenoxy) is 3. The monoisotopic (exact) mass is 266 g/mol. The molecular weight excluding hydrogens is 248 g/mol. The van der Waals surface area contributed by atoms with Crippen molar-refractivity contribution in [2.75, 3.05) is 26.9 Å². The van der Waals surface area contributed by atoms with Crippen molar-refractivity contribution in [3.63, 3.8) is 0 Å². The largest absolute Gasteiger partial charge is 0.493 e. The third kappa shape index (κ3) is 3.29. The Labute approximate surface area is 111 Å². The minimum Gasteiger partial charge on any atom is -0.493 e. The molecule has 0 bridgehead atoms. The zero-order valence-electron chi connectivity index (χ0n) is 10.8. The molecule has 1 atom stereocenters. The molecule has 6 heteroatoms. The van der Waals surface area contributed by atoms with E-state index in [1.165, 1.54) is 0 Å². The lowest BCUT2D eigenvalue weighted by atomic mass is 10.1. The van der Waals surface area contributed by atoms with Gasteiger partial charge in [-0.05, 0) is 24.6 Å². The fraction of sp³-hybridized carbons (Fsp3) is 0.462. The van der Waals surface area contributed by atoms with Gasteiger partial charge < -0.3 is 25.2 Å². The number of nitrogens with zero attached hydrogens (tertiary/aromatic N) is 1. The average molecular weight is 266 g/mol. The van der Waals surface area contributed by atoms with E-state index in [1.54, 1.807) is 25.3 Å². The van der Waals surface area contributed by atoms with Crippen LogP contribution in [0.15, 0.2) is 23.4 Å². The number of methoxy groups -OCH3 is 1. The Morgan fingerprint density at radius 3 is 3.00 bits per heavy atom. The van der Waals surface area contributed by atoms with E-state index in [4.69, 9.17) is 25.2 Å². The lowest BCUT2D eigenvalue weighted by Crippen LogP contribution is -2.14. The third-order valence-corrected chi connectivity index (χ3v) is 3.07. The molecule has 0 aliphatic carbocycles. The number of hydrogen-bond acceptors (Lipinski definition) is 5. The van der Waals surface area contributed by atoms with E-state index in [9.17, 15) is 0 Å². The number of amidine groups is 1. The zero-order chi connectivity index (χ0) is 13.7. The molecule has 1 aliphatic rings. The molecule has 1 saturated heterocycles. The molecule has 1 aliphatic heterocycles. The highest BCUT2D eigenvalue weighted by Crippen LogP contribution is 2.29. The summed E-state index contributed by atoms with van der Waals surface area (Å²) in [5, 5.41) is 11.6. The van der Waals surface area contributed by atoms with Crippen LogP contribution in [0, 0.1) is 5.92 Å². The predicted molar refractivity (Wildman–Crippen MR) is 69.9 cm³/mol. The Hall–Kier alpha value is -1.95. The van der Waals surface area contributed by atoms with Crippen LogP contribution in [0.4, 0.5) is 0 Å². The second-order valence-electron chi connectivity index (χ2n) is 4.39. The van der Waals surface area contributed by atoms with Crippen molar-refractivity contribution >= 4 is 5.84 Å². The molecule has 1 heterocycles. The Kier molecular flexibility index (Phi) is 4.46. The lowest BCUT2D eigenvalue weighted by Gasteiger charge is -2.14. The van der Waals surface area contributed by atoms with Crippen LogP contribution in [-0.2, 0) is 4.74 Å². The van der Waals surface area contributed by atoms with Gasteiger partial charge in [0.2, 0.25) is 0 Å². The first-order chi connectivity index (χ1) is 9.24. The minimum atomic E-state index is 0.0362. The van der Waals surface area contributed by atoms with Gasteiger partial charge in [0.1, 0.15) is 0 Å². The number of rotatable bonds is 5. The quantitative estimate of drug-likeness (QED) is 0.362. The van der Waals surface area contributed by atoms with Gasteiger partial charge in [-0.3, -0.25) is 0 Å². The SMILES string of the molecule is COc1cc(/C(N)=N/O)ccc1OCC1CCOC1. The Bertz CT molecular complexity index is 456. The van der Waals surface area contributed by atoms with Crippen molar-refractivity contribution < 1.29 is 19.4 Å². The van der Waals surface area contributed by atoms with E-state index in [2.05, 4.69) is 5.16 Å². The maximum Gasteiger partial charge on any atom is 0.170 e. The van der Waals surface area contributed by atoms with Crippen molar-refractivity contribution in [3.8, 4) is 11.5 Å². The van der Waals surface area contributed by atoms with E-state index < -0.39 is 0 Å². The summed E-state index contributed by atoms with van der Waals surface area (Å²) in [5.41, 5.74) is 6.11. The summed E-state index contributed by atoms with van der Waals surface area (Å²) in [7, 11) is 1.55. The van der Waals surface area contributed by atoms with E-state index in [0.29, 0.717) is 29.6 Å². The second-order valence-corrected chi connectivity index (χ2v) is 4.39. The smallest absolute Gasteiger partial charge is 0.170 e. The molecule has 2 rings (SSSR count). The third-order valence-electron chi connectivity index (χ3n) is 3.07. The topological polar surface area (TPSA) is 86.3 Å². The van der Waals surface area contributed by atoms with Crippen LogP contribution in [0.5, 0.6) is 11.5 Å². The summed E-state index contributed by atoms with van der Waals surface area (Å²) in [6.45, 7) is 2.14. The normalized spacial score (nSPS) is 19.4. The van der Waals surface area contributed by atoms with Gasteiger partial charge in [0, 0.05) is 18.1 Å². The zero-order valence-corrected chi connectivity index (χ0v) is 10.8. The van der Waals surface area contributed by atoms with E-state index in [1.807, 2.05) is 0 Å². The fourth-order valence-electron chi connectivity index (χ4n) is 1.93. The molecule has 104 valence electrons. The van der Waals surface area contributed by atoms with Crippen LogP contribution in [-0.4, -0.2) is 38.0 Å². The summed E-state index contributed by atoms with van der Waals surface area (Å²) < 4.78 is 16.3. The van der Waals surface area contributed by atoms with Crippen molar-refractivity contribution in [3.05, 3.63) is 23.8 Å². The number of benzene rings is 1. The summed E-state index contributed by atoms with van der Waals surface area (Å²) in [6.07, 6.45) is 1.02. The van der Waals surface area contributed by atoms with Crippen LogP contribution in [0.1, 0.15) is 12.0 Å². The summed E-state index contributed by atoms with van der Waals surface area (Å²) in [4.78, 5) is 0. The van der Waals surface area contributed by atoms with Crippen molar-refractivity contribution in [1.29, 1.82) is 0 Å². The molecule has 1 aromatic carbocycles. The van der Waals surface area contributed by atoms with Crippen LogP contribution in [0.3, 0.4) is 0 Å². The molecule has 0 spiro atoms. The van der Waals surface area contributed by atoms with Gasteiger partial charge in [-0.2, -0.15) is 0 Å². The number of oxime groups is 1.